The zero-order valence-electron chi connectivity index (χ0n) is 11.4. The molecule has 0 radical (unpaired) electrons. The molecule has 6 heteroatoms. The number of aromatic nitrogens is 2. The molecule has 0 saturated heterocycles. The first-order valence-electron chi connectivity index (χ1n) is 5.77. The van der Waals surface area contributed by atoms with E-state index >= 15 is 0 Å². The minimum absolute atomic E-state index is 0.322. The van der Waals surface area contributed by atoms with Crippen molar-refractivity contribution in [2.45, 2.75) is 33.2 Å². The number of carbonyl (C=O) groups excluding carboxylic acids is 1. The highest BCUT2D eigenvalue weighted by atomic mass is 16.4. The standard InChI is InChI=1S/C12H19N3O3/c1-6-15(12(3,4)11(17)18)10(16)9-7-8(2)13-14(9)5/h7H,6H2,1-5H3,(H,17,18). The van der Waals surface area contributed by atoms with Crippen LogP contribution >= 0.6 is 0 Å². The summed E-state index contributed by atoms with van der Waals surface area (Å²) < 4.78 is 1.47. The van der Waals surface area contributed by atoms with Gasteiger partial charge in [0.2, 0.25) is 0 Å². The molecule has 1 amide bonds. The SMILES string of the molecule is CCN(C(=O)c1cc(C)nn1C)C(C)(C)C(=O)O. The summed E-state index contributed by atoms with van der Waals surface area (Å²) in [6.45, 7) is 6.89. The van der Waals surface area contributed by atoms with Gasteiger partial charge in [-0.2, -0.15) is 5.10 Å². The van der Waals surface area contributed by atoms with Crippen molar-refractivity contribution in [1.82, 2.24) is 14.7 Å². The average molecular weight is 253 g/mol. The molecule has 1 N–H and O–H groups in total. The molecule has 0 aromatic carbocycles. The molecule has 0 aliphatic heterocycles. The zero-order chi connectivity index (χ0) is 14.1. The lowest BCUT2D eigenvalue weighted by atomic mass is 10.0. The Morgan fingerprint density at radius 1 is 1.50 bits per heavy atom. The Labute approximate surface area is 106 Å². The molecular formula is C12H19N3O3. The second-order valence-corrected chi connectivity index (χ2v) is 4.71. The van der Waals surface area contributed by atoms with Crippen molar-refractivity contribution in [2.24, 2.45) is 7.05 Å². The molecule has 0 unspecified atom stereocenters. The molecule has 1 heterocycles. The topological polar surface area (TPSA) is 75.4 Å². The maximum Gasteiger partial charge on any atom is 0.329 e. The van der Waals surface area contributed by atoms with Gasteiger partial charge in [-0.15, -0.1) is 0 Å². The van der Waals surface area contributed by atoms with Crippen LogP contribution in [0.4, 0.5) is 0 Å². The molecule has 6 nitrogen and oxygen atoms in total. The van der Waals surface area contributed by atoms with Gasteiger partial charge in [0.15, 0.2) is 0 Å². The van der Waals surface area contributed by atoms with Crippen molar-refractivity contribution in [1.29, 1.82) is 0 Å². The summed E-state index contributed by atoms with van der Waals surface area (Å²) in [5.41, 5.74) is -0.127. The Hall–Kier alpha value is -1.85. The molecule has 100 valence electrons. The number of aliphatic carboxylic acids is 1. The van der Waals surface area contributed by atoms with Gasteiger partial charge in [0, 0.05) is 13.6 Å². The Kier molecular flexibility index (Phi) is 3.79. The van der Waals surface area contributed by atoms with Gasteiger partial charge in [0.1, 0.15) is 11.2 Å². The number of nitrogens with zero attached hydrogens (tertiary/aromatic N) is 3. The van der Waals surface area contributed by atoms with E-state index in [1.807, 2.05) is 0 Å². The van der Waals surface area contributed by atoms with E-state index in [1.54, 1.807) is 27.0 Å². The van der Waals surface area contributed by atoms with E-state index in [2.05, 4.69) is 5.10 Å². The van der Waals surface area contributed by atoms with Gasteiger partial charge in [-0.25, -0.2) is 4.79 Å². The van der Waals surface area contributed by atoms with E-state index in [9.17, 15) is 14.7 Å². The molecule has 0 spiro atoms. The van der Waals surface area contributed by atoms with Crippen LogP contribution in [0, 0.1) is 6.92 Å². The van der Waals surface area contributed by atoms with E-state index in [0.29, 0.717) is 12.2 Å². The minimum atomic E-state index is -1.25. The Morgan fingerprint density at radius 2 is 2.06 bits per heavy atom. The highest BCUT2D eigenvalue weighted by Crippen LogP contribution is 2.18. The number of likely N-dealkylation sites (N-methyl/N-ethyl adjacent to an activating group) is 1. The van der Waals surface area contributed by atoms with E-state index < -0.39 is 11.5 Å². The number of hydrogen-bond donors (Lipinski definition) is 1. The van der Waals surface area contributed by atoms with Gasteiger partial charge in [-0.3, -0.25) is 9.48 Å². The van der Waals surface area contributed by atoms with E-state index in [1.165, 1.54) is 23.4 Å². The summed E-state index contributed by atoms with van der Waals surface area (Å²) in [6, 6.07) is 1.66. The molecule has 1 rings (SSSR count). The predicted octanol–water partition coefficient (Wildman–Crippen LogP) is 1.05. The van der Waals surface area contributed by atoms with Crippen molar-refractivity contribution in [3.8, 4) is 0 Å². The average Bonchev–Trinajstić information content (AvgIpc) is 2.58. The van der Waals surface area contributed by atoms with Gasteiger partial charge in [0.05, 0.1) is 5.69 Å². The maximum atomic E-state index is 12.4. The van der Waals surface area contributed by atoms with Crippen molar-refractivity contribution in [3.63, 3.8) is 0 Å². The predicted molar refractivity (Wildman–Crippen MR) is 66.4 cm³/mol. The number of amides is 1. The lowest BCUT2D eigenvalue weighted by Gasteiger charge is -2.34. The number of rotatable bonds is 4. The van der Waals surface area contributed by atoms with Gasteiger partial charge < -0.3 is 10.0 Å². The third-order valence-electron chi connectivity index (χ3n) is 2.98. The van der Waals surface area contributed by atoms with Crippen molar-refractivity contribution >= 4 is 11.9 Å². The van der Waals surface area contributed by atoms with Crippen LogP contribution in [0.5, 0.6) is 0 Å². The minimum Gasteiger partial charge on any atom is -0.480 e. The normalized spacial score (nSPS) is 11.4. The summed E-state index contributed by atoms with van der Waals surface area (Å²) in [7, 11) is 1.67. The molecule has 18 heavy (non-hydrogen) atoms. The molecule has 1 aromatic rings. The van der Waals surface area contributed by atoms with Gasteiger partial charge in [-0.1, -0.05) is 0 Å². The maximum absolute atomic E-state index is 12.4. The number of hydrogen-bond acceptors (Lipinski definition) is 3. The Bertz CT molecular complexity index is 477. The first kappa shape index (κ1) is 14.2. The fourth-order valence-corrected chi connectivity index (χ4v) is 1.86. The molecule has 0 aliphatic rings. The Morgan fingerprint density at radius 3 is 2.39 bits per heavy atom. The molecule has 0 fully saturated rings. The summed E-state index contributed by atoms with van der Waals surface area (Å²) in [4.78, 5) is 24.9. The van der Waals surface area contributed by atoms with Crippen LogP contribution in [0.25, 0.3) is 0 Å². The van der Waals surface area contributed by atoms with Crippen molar-refractivity contribution in [2.75, 3.05) is 6.54 Å². The summed E-state index contributed by atoms with van der Waals surface area (Å²) in [5, 5.41) is 13.3. The van der Waals surface area contributed by atoms with Crippen LogP contribution in [0.15, 0.2) is 6.07 Å². The van der Waals surface area contributed by atoms with E-state index in [-0.39, 0.29) is 5.91 Å². The van der Waals surface area contributed by atoms with E-state index in [0.717, 1.165) is 5.69 Å². The fraction of sp³-hybridized carbons (Fsp3) is 0.583. The Balaban J connectivity index is 3.15. The van der Waals surface area contributed by atoms with Crippen molar-refractivity contribution < 1.29 is 14.7 Å². The third kappa shape index (κ3) is 2.37. The largest absolute Gasteiger partial charge is 0.480 e. The van der Waals surface area contributed by atoms with Gasteiger partial charge in [-0.05, 0) is 33.8 Å². The highest BCUT2D eigenvalue weighted by molar-refractivity contribution is 5.96. The number of carboxylic acids is 1. The van der Waals surface area contributed by atoms with Crippen molar-refractivity contribution in [3.05, 3.63) is 17.5 Å². The van der Waals surface area contributed by atoms with E-state index in [4.69, 9.17) is 0 Å². The third-order valence-corrected chi connectivity index (χ3v) is 2.98. The smallest absolute Gasteiger partial charge is 0.329 e. The number of carboxylic acid groups (broad SMARTS) is 1. The number of carbonyl (C=O) groups is 2. The molecule has 0 atom stereocenters. The summed E-state index contributed by atoms with van der Waals surface area (Å²) in [5.74, 6) is -1.36. The molecule has 0 aliphatic carbocycles. The van der Waals surface area contributed by atoms with Crippen LogP contribution < -0.4 is 0 Å². The van der Waals surface area contributed by atoms with Crippen LogP contribution in [-0.4, -0.2) is 43.7 Å². The van der Waals surface area contributed by atoms with Gasteiger partial charge >= 0.3 is 5.97 Å². The quantitative estimate of drug-likeness (QED) is 0.870. The lowest BCUT2D eigenvalue weighted by Crippen LogP contribution is -2.53. The molecule has 0 bridgehead atoms. The molecular weight excluding hydrogens is 234 g/mol. The molecule has 1 aromatic heterocycles. The second-order valence-electron chi connectivity index (χ2n) is 4.71. The van der Waals surface area contributed by atoms with Crippen LogP contribution in [0.3, 0.4) is 0 Å². The van der Waals surface area contributed by atoms with Crippen LogP contribution in [-0.2, 0) is 11.8 Å². The first-order valence-corrected chi connectivity index (χ1v) is 5.77. The first-order chi connectivity index (χ1) is 8.21. The fourth-order valence-electron chi connectivity index (χ4n) is 1.86. The van der Waals surface area contributed by atoms with Gasteiger partial charge in [0.25, 0.3) is 5.91 Å². The highest BCUT2D eigenvalue weighted by Gasteiger charge is 2.38. The monoisotopic (exact) mass is 253 g/mol. The summed E-state index contributed by atoms with van der Waals surface area (Å²) >= 11 is 0. The lowest BCUT2D eigenvalue weighted by molar-refractivity contribution is -0.147. The second kappa shape index (κ2) is 4.80. The summed E-state index contributed by atoms with van der Waals surface area (Å²) in [6.07, 6.45) is 0. The van der Waals surface area contributed by atoms with Crippen LogP contribution in [0.2, 0.25) is 0 Å². The van der Waals surface area contributed by atoms with Crippen LogP contribution in [0.1, 0.15) is 37.0 Å². The zero-order valence-corrected chi connectivity index (χ0v) is 11.4. The number of aryl methyl sites for hydroxylation is 2. The molecule has 0 saturated carbocycles.